The number of alkyl halides is 2. The summed E-state index contributed by atoms with van der Waals surface area (Å²) < 4.78 is 39.5. The first kappa shape index (κ1) is 20.2. The van der Waals surface area contributed by atoms with Crippen molar-refractivity contribution in [1.82, 2.24) is 10.3 Å². The van der Waals surface area contributed by atoms with Crippen molar-refractivity contribution in [3.8, 4) is 0 Å². The summed E-state index contributed by atoms with van der Waals surface area (Å²) in [5.74, 6) is -0.593. The fourth-order valence-electron chi connectivity index (χ4n) is 3.90. The van der Waals surface area contributed by atoms with E-state index in [0.29, 0.717) is 16.8 Å². The van der Waals surface area contributed by atoms with E-state index in [9.17, 15) is 18.0 Å². The van der Waals surface area contributed by atoms with Gasteiger partial charge in [0.1, 0.15) is 11.5 Å². The van der Waals surface area contributed by atoms with Crippen LogP contribution in [0.1, 0.15) is 48.2 Å². The molecule has 4 rings (SSSR count). The van der Waals surface area contributed by atoms with Gasteiger partial charge in [-0.25, -0.2) is 18.2 Å². The average Bonchev–Trinajstić information content (AvgIpc) is 2.75. The van der Waals surface area contributed by atoms with E-state index in [1.807, 2.05) is 12.1 Å². The van der Waals surface area contributed by atoms with Crippen molar-refractivity contribution in [2.24, 2.45) is 0 Å². The molecular weight excluding hydrogens is 391 g/mol. The van der Waals surface area contributed by atoms with Gasteiger partial charge in [0.15, 0.2) is 0 Å². The number of rotatable bonds is 5. The molecule has 7 heteroatoms. The molecule has 2 N–H and O–H groups in total. The minimum Gasteiger partial charge on any atom is -0.382 e. The van der Waals surface area contributed by atoms with E-state index in [2.05, 4.69) is 15.6 Å². The number of halogens is 3. The number of benzene rings is 2. The molecule has 0 unspecified atom stereocenters. The van der Waals surface area contributed by atoms with Crippen LogP contribution in [0, 0.1) is 5.82 Å². The van der Waals surface area contributed by atoms with Crippen LogP contribution in [0.3, 0.4) is 0 Å². The number of aromatic nitrogens is 1. The molecule has 4 nitrogen and oxygen atoms in total. The van der Waals surface area contributed by atoms with Gasteiger partial charge in [-0.05, 0) is 62.1 Å². The first-order valence-corrected chi connectivity index (χ1v) is 10.0. The van der Waals surface area contributed by atoms with Crippen molar-refractivity contribution in [2.45, 2.75) is 44.2 Å². The average molecular weight is 413 g/mol. The Kier molecular flexibility index (Phi) is 5.88. The number of amides is 1. The highest BCUT2D eigenvalue weighted by atomic mass is 19.3. The van der Waals surface area contributed by atoms with Crippen molar-refractivity contribution >= 4 is 22.5 Å². The molecule has 2 aromatic carbocycles. The quantitative estimate of drug-likeness (QED) is 0.584. The van der Waals surface area contributed by atoms with Crippen molar-refractivity contribution in [3.05, 3.63) is 71.7 Å². The van der Waals surface area contributed by atoms with Crippen LogP contribution < -0.4 is 10.6 Å². The van der Waals surface area contributed by atoms with Gasteiger partial charge in [-0.1, -0.05) is 18.2 Å². The number of carbonyl (C=O) groups is 1. The smallest absolute Gasteiger partial charge is 0.280 e. The van der Waals surface area contributed by atoms with Crippen molar-refractivity contribution in [3.63, 3.8) is 0 Å². The SMILES string of the molecule is O=C(NC1CCC(Nc2cc(C(F)F)nc3ccccc23)CC1)c1ccc(F)cc1. The summed E-state index contributed by atoms with van der Waals surface area (Å²) in [5.41, 5.74) is 1.39. The van der Waals surface area contributed by atoms with Gasteiger partial charge < -0.3 is 10.6 Å². The Morgan fingerprint density at radius 1 is 0.967 bits per heavy atom. The lowest BCUT2D eigenvalue weighted by Crippen LogP contribution is -2.40. The number of nitrogens with zero attached hydrogens (tertiary/aromatic N) is 1. The van der Waals surface area contributed by atoms with Crippen molar-refractivity contribution in [1.29, 1.82) is 0 Å². The van der Waals surface area contributed by atoms with Crippen LogP contribution in [0.5, 0.6) is 0 Å². The van der Waals surface area contributed by atoms with Crippen molar-refractivity contribution < 1.29 is 18.0 Å². The van der Waals surface area contributed by atoms with Gasteiger partial charge in [0.2, 0.25) is 0 Å². The number of para-hydroxylation sites is 1. The molecule has 30 heavy (non-hydrogen) atoms. The summed E-state index contributed by atoms with van der Waals surface area (Å²) in [5, 5.41) is 7.21. The minimum absolute atomic E-state index is 0.0337. The molecule has 1 aromatic heterocycles. The molecule has 0 spiro atoms. The maximum atomic E-state index is 13.2. The highest BCUT2D eigenvalue weighted by Crippen LogP contribution is 2.30. The predicted molar refractivity (Wildman–Crippen MR) is 110 cm³/mol. The molecule has 0 atom stereocenters. The zero-order valence-corrected chi connectivity index (χ0v) is 16.2. The monoisotopic (exact) mass is 413 g/mol. The molecular formula is C23H22F3N3O. The summed E-state index contributed by atoms with van der Waals surface area (Å²) >= 11 is 0. The highest BCUT2D eigenvalue weighted by molar-refractivity contribution is 5.94. The van der Waals surface area contributed by atoms with E-state index < -0.39 is 6.43 Å². The van der Waals surface area contributed by atoms with E-state index in [4.69, 9.17) is 0 Å². The number of pyridine rings is 1. The summed E-state index contributed by atoms with van der Waals surface area (Å²) in [6.07, 6.45) is 0.516. The number of hydrogen-bond donors (Lipinski definition) is 2. The second-order valence-electron chi connectivity index (χ2n) is 7.59. The fourth-order valence-corrected chi connectivity index (χ4v) is 3.90. The fraction of sp³-hybridized carbons (Fsp3) is 0.304. The first-order valence-electron chi connectivity index (χ1n) is 10.0. The van der Waals surface area contributed by atoms with Gasteiger partial charge in [-0.15, -0.1) is 0 Å². The summed E-state index contributed by atoms with van der Waals surface area (Å²) in [6, 6.07) is 14.3. The lowest BCUT2D eigenvalue weighted by Gasteiger charge is -2.30. The van der Waals surface area contributed by atoms with Crippen LogP contribution in [-0.4, -0.2) is 23.0 Å². The molecule has 1 aliphatic carbocycles. The lowest BCUT2D eigenvalue weighted by atomic mass is 9.90. The molecule has 156 valence electrons. The zero-order valence-electron chi connectivity index (χ0n) is 16.2. The van der Waals surface area contributed by atoms with Crippen LogP contribution >= 0.6 is 0 Å². The Balaban J connectivity index is 1.39. The molecule has 1 heterocycles. The van der Waals surface area contributed by atoms with E-state index >= 15 is 0 Å². The molecule has 1 fully saturated rings. The Morgan fingerprint density at radius 2 is 1.63 bits per heavy atom. The second-order valence-corrected chi connectivity index (χ2v) is 7.59. The molecule has 1 aliphatic rings. The molecule has 3 aromatic rings. The second kappa shape index (κ2) is 8.73. The maximum absolute atomic E-state index is 13.2. The van der Waals surface area contributed by atoms with Crippen LogP contribution in [0.4, 0.5) is 18.9 Å². The largest absolute Gasteiger partial charge is 0.382 e. The number of fused-ring (bicyclic) bond motifs is 1. The predicted octanol–water partition coefficient (Wildman–Crippen LogP) is 5.46. The van der Waals surface area contributed by atoms with Gasteiger partial charge in [-0.3, -0.25) is 4.79 Å². The lowest BCUT2D eigenvalue weighted by molar-refractivity contribution is 0.0926. The normalized spacial score (nSPS) is 19.1. The van der Waals surface area contributed by atoms with Gasteiger partial charge in [0.05, 0.1) is 5.52 Å². The summed E-state index contributed by atoms with van der Waals surface area (Å²) in [7, 11) is 0. The van der Waals surface area contributed by atoms with Crippen LogP contribution in [-0.2, 0) is 0 Å². The summed E-state index contributed by atoms with van der Waals surface area (Å²) in [4.78, 5) is 16.4. The van der Waals surface area contributed by atoms with Crippen LogP contribution in [0.25, 0.3) is 10.9 Å². The van der Waals surface area contributed by atoms with E-state index in [-0.39, 0.29) is 29.5 Å². The van der Waals surface area contributed by atoms with Crippen LogP contribution in [0.15, 0.2) is 54.6 Å². The highest BCUT2D eigenvalue weighted by Gasteiger charge is 2.24. The third-order valence-corrected chi connectivity index (χ3v) is 5.49. The standard InChI is InChI=1S/C23H22F3N3O/c24-15-7-5-14(6-8-15)23(30)28-17-11-9-16(10-12-17)27-20-13-21(22(25)26)29-19-4-2-1-3-18(19)20/h1-8,13,16-17,22H,9-12H2,(H,27,29)(H,28,30). The van der Waals surface area contributed by atoms with E-state index in [1.54, 1.807) is 12.1 Å². The van der Waals surface area contributed by atoms with Gasteiger partial charge in [0.25, 0.3) is 12.3 Å². The minimum atomic E-state index is -2.63. The van der Waals surface area contributed by atoms with E-state index in [1.165, 1.54) is 30.3 Å². The molecule has 1 saturated carbocycles. The Morgan fingerprint density at radius 3 is 2.33 bits per heavy atom. The molecule has 0 bridgehead atoms. The third-order valence-electron chi connectivity index (χ3n) is 5.49. The Hall–Kier alpha value is -3.09. The molecule has 1 amide bonds. The summed E-state index contributed by atoms with van der Waals surface area (Å²) in [6.45, 7) is 0. The molecule has 0 aliphatic heterocycles. The number of nitrogens with one attached hydrogen (secondary N) is 2. The van der Waals surface area contributed by atoms with Gasteiger partial charge in [-0.2, -0.15) is 0 Å². The van der Waals surface area contributed by atoms with Crippen molar-refractivity contribution in [2.75, 3.05) is 5.32 Å². The number of anilines is 1. The van der Waals surface area contributed by atoms with E-state index in [0.717, 1.165) is 31.1 Å². The van der Waals surface area contributed by atoms with Gasteiger partial charge >= 0.3 is 0 Å². The molecule has 0 saturated heterocycles. The van der Waals surface area contributed by atoms with Gasteiger partial charge in [0, 0.05) is 28.7 Å². The Bertz CT molecular complexity index is 1030. The number of hydrogen-bond acceptors (Lipinski definition) is 3. The molecule has 0 radical (unpaired) electrons. The zero-order chi connectivity index (χ0) is 21.1. The van der Waals surface area contributed by atoms with Crippen LogP contribution in [0.2, 0.25) is 0 Å². The first-order chi connectivity index (χ1) is 14.5. The third kappa shape index (κ3) is 4.56. The topological polar surface area (TPSA) is 54.0 Å². The number of carbonyl (C=O) groups excluding carboxylic acids is 1. The maximum Gasteiger partial charge on any atom is 0.280 e. The Labute approximate surface area is 172 Å².